The summed E-state index contributed by atoms with van der Waals surface area (Å²) < 4.78 is 0. The van der Waals surface area contributed by atoms with E-state index < -0.39 is 0 Å². The Labute approximate surface area is 113 Å². The molecule has 0 aromatic heterocycles. The van der Waals surface area contributed by atoms with Gasteiger partial charge in [-0.1, -0.05) is 0 Å². The van der Waals surface area contributed by atoms with E-state index in [1.54, 1.807) is 0 Å². The van der Waals surface area contributed by atoms with Crippen LogP contribution < -0.4 is 4.90 Å². The van der Waals surface area contributed by atoms with Crippen molar-refractivity contribution < 1.29 is 0 Å². The minimum absolute atomic E-state index is 0.824. The van der Waals surface area contributed by atoms with E-state index in [0.717, 1.165) is 22.0 Å². The third-order valence-corrected chi connectivity index (χ3v) is 2.79. The average molecular weight is 257 g/mol. The van der Waals surface area contributed by atoms with Crippen molar-refractivity contribution in [2.45, 2.75) is 4.90 Å². The highest BCUT2D eigenvalue weighted by molar-refractivity contribution is 7.80. The second-order valence-electron chi connectivity index (χ2n) is 4.13. The van der Waals surface area contributed by atoms with Gasteiger partial charge in [-0.25, -0.2) is 0 Å². The number of hydrogen-bond acceptors (Lipinski definition) is 4. The van der Waals surface area contributed by atoms with Crippen molar-refractivity contribution in [2.24, 2.45) is 10.2 Å². The van der Waals surface area contributed by atoms with E-state index in [2.05, 4.69) is 22.9 Å². The highest BCUT2D eigenvalue weighted by Crippen LogP contribution is 2.21. The zero-order valence-corrected chi connectivity index (χ0v) is 11.3. The number of thiol groups is 1. The minimum Gasteiger partial charge on any atom is -0.378 e. The minimum atomic E-state index is 0.824. The zero-order chi connectivity index (χ0) is 13.0. The summed E-state index contributed by atoms with van der Waals surface area (Å²) in [6.45, 7) is 0. The quantitative estimate of drug-likeness (QED) is 0.638. The molecule has 0 radical (unpaired) electrons. The fourth-order valence-corrected chi connectivity index (χ4v) is 1.60. The number of rotatable bonds is 3. The smallest absolute Gasteiger partial charge is 0.0858 e. The molecule has 0 bridgehead atoms. The van der Waals surface area contributed by atoms with Gasteiger partial charge in [0.05, 0.1) is 11.4 Å². The van der Waals surface area contributed by atoms with Crippen molar-refractivity contribution in [3.8, 4) is 0 Å². The van der Waals surface area contributed by atoms with E-state index >= 15 is 0 Å². The Kier molecular flexibility index (Phi) is 3.99. The predicted molar refractivity (Wildman–Crippen MR) is 78.6 cm³/mol. The summed E-state index contributed by atoms with van der Waals surface area (Å²) in [5, 5.41) is 8.36. The van der Waals surface area contributed by atoms with Gasteiger partial charge in [0.25, 0.3) is 0 Å². The Balaban J connectivity index is 2.11. The van der Waals surface area contributed by atoms with Gasteiger partial charge in [0.1, 0.15) is 0 Å². The molecule has 3 nitrogen and oxygen atoms in total. The molecule has 0 unspecified atom stereocenters. The van der Waals surface area contributed by atoms with E-state index in [9.17, 15) is 0 Å². The standard InChI is InChI=1S/C14H15N3S/c1-17(2)13-7-3-11(4-8-13)15-16-12-5-9-14(18)10-6-12/h3-10,18H,1-2H3/b16-15+. The molecule has 0 saturated carbocycles. The van der Waals surface area contributed by atoms with Gasteiger partial charge in [-0.05, 0) is 48.5 Å². The molecule has 0 saturated heterocycles. The second-order valence-corrected chi connectivity index (χ2v) is 4.64. The maximum atomic E-state index is 4.22. The fraction of sp³-hybridized carbons (Fsp3) is 0.143. The summed E-state index contributed by atoms with van der Waals surface area (Å²) in [5.74, 6) is 0. The summed E-state index contributed by atoms with van der Waals surface area (Å²) in [7, 11) is 4.02. The number of nitrogens with zero attached hydrogens (tertiary/aromatic N) is 3. The molecule has 0 spiro atoms. The van der Waals surface area contributed by atoms with Crippen LogP contribution in [0.15, 0.2) is 63.7 Å². The third-order valence-electron chi connectivity index (χ3n) is 2.50. The first-order chi connectivity index (χ1) is 8.65. The first kappa shape index (κ1) is 12.6. The molecule has 0 heterocycles. The fourth-order valence-electron chi connectivity index (χ4n) is 1.45. The molecule has 92 valence electrons. The molecule has 18 heavy (non-hydrogen) atoms. The van der Waals surface area contributed by atoms with Gasteiger partial charge in [-0.2, -0.15) is 10.2 Å². The first-order valence-electron chi connectivity index (χ1n) is 5.63. The highest BCUT2D eigenvalue weighted by Gasteiger charge is 1.95. The Hall–Kier alpha value is -1.81. The lowest BCUT2D eigenvalue weighted by Crippen LogP contribution is -2.07. The van der Waals surface area contributed by atoms with Crippen LogP contribution in [0.4, 0.5) is 17.1 Å². The summed E-state index contributed by atoms with van der Waals surface area (Å²) in [4.78, 5) is 2.97. The molecule has 0 N–H and O–H groups in total. The lowest BCUT2D eigenvalue weighted by Gasteiger charge is -2.11. The van der Waals surface area contributed by atoms with Crippen LogP contribution in [-0.2, 0) is 0 Å². The molecule has 0 fully saturated rings. The maximum absolute atomic E-state index is 4.22. The van der Waals surface area contributed by atoms with Crippen molar-refractivity contribution in [3.05, 3.63) is 48.5 Å². The van der Waals surface area contributed by atoms with Gasteiger partial charge in [-0.3, -0.25) is 0 Å². The Morgan fingerprint density at radius 2 is 1.22 bits per heavy atom. The molecule has 2 aromatic rings. The summed E-state index contributed by atoms with van der Waals surface area (Å²) in [6.07, 6.45) is 0. The van der Waals surface area contributed by atoms with Gasteiger partial charge < -0.3 is 4.90 Å². The first-order valence-corrected chi connectivity index (χ1v) is 6.08. The van der Waals surface area contributed by atoms with Crippen LogP contribution in [0.2, 0.25) is 0 Å². The van der Waals surface area contributed by atoms with Crippen LogP contribution in [0.3, 0.4) is 0 Å². The van der Waals surface area contributed by atoms with E-state index in [1.165, 1.54) is 0 Å². The second kappa shape index (κ2) is 5.69. The number of anilines is 1. The molecule has 0 aliphatic rings. The largest absolute Gasteiger partial charge is 0.378 e. The molecule has 0 aliphatic carbocycles. The Morgan fingerprint density at radius 3 is 1.67 bits per heavy atom. The Bertz CT molecular complexity index is 530. The van der Waals surface area contributed by atoms with Crippen molar-refractivity contribution in [3.63, 3.8) is 0 Å². The highest BCUT2D eigenvalue weighted by atomic mass is 32.1. The molecule has 2 aromatic carbocycles. The monoisotopic (exact) mass is 257 g/mol. The van der Waals surface area contributed by atoms with Crippen molar-refractivity contribution in [1.29, 1.82) is 0 Å². The van der Waals surface area contributed by atoms with Crippen LogP contribution in [0.25, 0.3) is 0 Å². The van der Waals surface area contributed by atoms with Crippen LogP contribution in [0.1, 0.15) is 0 Å². The van der Waals surface area contributed by atoms with Crippen molar-refractivity contribution in [2.75, 3.05) is 19.0 Å². The van der Waals surface area contributed by atoms with Crippen LogP contribution in [-0.4, -0.2) is 14.1 Å². The zero-order valence-electron chi connectivity index (χ0n) is 10.4. The van der Waals surface area contributed by atoms with Crippen LogP contribution >= 0.6 is 12.6 Å². The lowest BCUT2D eigenvalue weighted by atomic mass is 10.3. The maximum Gasteiger partial charge on any atom is 0.0858 e. The SMILES string of the molecule is CN(C)c1ccc(/N=N/c2ccc(S)cc2)cc1. The number of azo groups is 1. The molecular formula is C14H15N3S. The third kappa shape index (κ3) is 3.34. The molecular weight excluding hydrogens is 242 g/mol. The van der Waals surface area contributed by atoms with Gasteiger partial charge in [0, 0.05) is 24.7 Å². The average Bonchev–Trinajstić information content (AvgIpc) is 2.38. The van der Waals surface area contributed by atoms with E-state index in [4.69, 9.17) is 0 Å². The number of hydrogen-bond donors (Lipinski definition) is 1. The van der Waals surface area contributed by atoms with E-state index in [1.807, 2.05) is 67.5 Å². The van der Waals surface area contributed by atoms with Crippen LogP contribution in [0.5, 0.6) is 0 Å². The summed E-state index contributed by atoms with van der Waals surface area (Å²) >= 11 is 4.22. The van der Waals surface area contributed by atoms with E-state index in [0.29, 0.717) is 0 Å². The van der Waals surface area contributed by atoms with Crippen molar-refractivity contribution >= 4 is 29.7 Å². The molecule has 0 atom stereocenters. The van der Waals surface area contributed by atoms with Gasteiger partial charge in [0.2, 0.25) is 0 Å². The molecule has 2 rings (SSSR count). The summed E-state index contributed by atoms with van der Waals surface area (Å²) in [6, 6.07) is 15.5. The van der Waals surface area contributed by atoms with Gasteiger partial charge in [0.15, 0.2) is 0 Å². The molecule has 4 heteroatoms. The van der Waals surface area contributed by atoms with Crippen molar-refractivity contribution in [1.82, 2.24) is 0 Å². The lowest BCUT2D eigenvalue weighted by molar-refractivity contribution is 1.13. The summed E-state index contributed by atoms with van der Waals surface area (Å²) in [5.41, 5.74) is 2.81. The topological polar surface area (TPSA) is 28.0 Å². The normalized spacial score (nSPS) is 10.8. The predicted octanol–water partition coefficient (Wildman–Crippen LogP) is 4.46. The Morgan fingerprint density at radius 1 is 0.778 bits per heavy atom. The van der Waals surface area contributed by atoms with Gasteiger partial charge >= 0.3 is 0 Å². The molecule has 0 aliphatic heterocycles. The van der Waals surface area contributed by atoms with Gasteiger partial charge in [-0.15, -0.1) is 12.6 Å². The molecule has 0 amide bonds. The number of benzene rings is 2. The van der Waals surface area contributed by atoms with E-state index in [-0.39, 0.29) is 0 Å². The van der Waals surface area contributed by atoms with Crippen LogP contribution in [0, 0.1) is 0 Å².